The van der Waals surface area contributed by atoms with Crippen LogP contribution < -0.4 is 47.7 Å². The predicted octanol–water partition coefficient (Wildman–Crippen LogP) is 10.9. The molecule has 0 aromatic heterocycles. The number of benzene rings is 9. The van der Waals surface area contributed by atoms with Crippen LogP contribution in [0, 0.1) is 0 Å². The molecule has 0 heterocycles. The zero-order valence-electron chi connectivity index (χ0n) is 33.1. The topological polar surface area (TPSA) is 0 Å². The summed E-state index contributed by atoms with van der Waals surface area (Å²) in [6.07, 6.45) is 0. The van der Waals surface area contributed by atoms with Gasteiger partial charge in [0.05, 0.1) is 23.8 Å². The first kappa shape index (κ1) is 45.0. The number of hydrogen-bond acceptors (Lipinski definition) is 0. The minimum Gasteiger partial charge on any atom is -0.0620 e. The summed E-state index contributed by atoms with van der Waals surface area (Å²) in [7, 11) is 7.08. The van der Waals surface area contributed by atoms with Crippen molar-refractivity contribution >= 4 is 90.9 Å². The summed E-state index contributed by atoms with van der Waals surface area (Å²) < 4.78 is 0. The largest absolute Gasteiger partial charge is 0.102 e. The Morgan fingerprint density at radius 1 is 0.183 bits per heavy atom. The van der Waals surface area contributed by atoms with E-state index in [9.17, 15) is 0 Å². The average Bonchev–Trinajstić information content (AvgIpc) is 3.33. The molecule has 298 valence electrons. The fourth-order valence-electron chi connectivity index (χ4n) is 6.94. The number of halogens is 2. The van der Waals surface area contributed by atoms with Crippen LogP contribution in [0.2, 0.25) is 0 Å². The first-order chi connectivity index (χ1) is 29.8. The van der Waals surface area contributed by atoms with E-state index >= 15 is 0 Å². The molecule has 6 heteroatoms. The van der Waals surface area contributed by atoms with Crippen LogP contribution in [0.3, 0.4) is 0 Å². The Bertz CT molecular complexity index is 1890. The quantitative estimate of drug-likeness (QED) is 0.0999. The average molecular weight is 962 g/mol. The third-order valence-electron chi connectivity index (χ3n) is 9.56. The van der Waals surface area contributed by atoms with Gasteiger partial charge >= 0.3 is 34.5 Å². The van der Waals surface area contributed by atoms with E-state index in [-0.39, 0.29) is 15.1 Å². The number of hydrogen-bond donors (Lipinski definition) is 0. The van der Waals surface area contributed by atoms with Crippen LogP contribution in [0.25, 0.3) is 0 Å². The van der Waals surface area contributed by atoms with Crippen LogP contribution in [0.1, 0.15) is 0 Å². The van der Waals surface area contributed by atoms with Crippen molar-refractivity contribution in [2.75, 3.05) is 0 Å². The SMILES string of the molecule is [Cl][Ru][Cl].c1ccc([PH+](c2ccccc2)c2ccccc2)cc1.c1ccc([PH+](c2ccccc2)c2ccccc2)cc1.c1ccc([PH+](c2ccccc2)c2ccccc2)cc1. The summed E-state index contributed by atoms with van der Waals surface area (Å²) >= 11 is -0.346. The smallest absolute Gasteiger partial charge is 0.0620 e. The zero-order chi connectivity index (χ0) is 41.5. The normalized spacial score (nSPS) is 10.4. The molecule has 0 aliphatic rings. The Morgan fingerprint density at radius 2 is 0.267 bits per heavy atom. The minimum atomic E-state index is -0.877. The summed E-state index contributed by atoms with van der Waals surface area (Å²) in [6.45, 7) is 0. The van der Waals surface area contributed by atoms with Crippen molar-refractivity contribution in [3.05, 3.63) is 273 Å². The maximum Gasteiger partial charge on any atom is 0.102 e. The third-order valence-corrected chi connectivity index (χ3v) is 17.8. The third kappa shape index (κ3) is 13.8. The summed E-state index contributed by atoms with van der Waals surface area (Å²) in [6, 6.07) is 97.5. The maximum absolute atomic E-state index is 4.85. The predicted molar refractivity (Wildman–Crippen MR) is 271 cm³/mol. The molecule has 0 amide bonds. The zero-order valence-corrected chi connectivity index (χ0v) is 39.3. The van der Waals surface area contributed by atoms with Gasteiger partial charge in [-0.1, -0.05) is 164 Å². The summed E-state index contributed by atoms with van der Waals surface area (Å²) in [4.78, 5) is 0. The molecule has 0 radical (unpaired) electrons. The molecule has 9 aromatic carbocycles. The second-order valence-corrected chi connectivity index (χ2v) is 23.6. The molecule has 9 rings (SSSR count). The molecular weight excluding hydrogens is 913 g/mol. The van der Waals surface area contributed by atoms with Gasteiger partial charge in [0.1, 0.15) is 47.7 Å². The van der Waals surface area contributed by atoms with Crippen LogP contribution in [0.5, 0.6) is 0 Å². The van der Waals surface area contributed by atoms with Gasteiger partial charge in [-0.05, 0) is 109 Å². The van der Waals surface area contributed by atoms with Crippen molar-refractivity contribution in [3.8, 4) is 0 Å². The van der Waals surface area contributed by atoms with E-state index < -0.39 is 23.8 Å². The molecule has 0 bridgehead atoms. The molecule has 0 aliphatic heterocycles. The first-order valence-corrected chi connectivity index (χ1v) is 28.7. The Hall–Kier alpha value is -4.53. The molecule has 9 aromatic rings. The molecule has 0 saturated carbocycles. The Kier molecular flexibility index (Phi) is 19.5. The molecule has 0 saturated heterocycles. The van der Waals surface area contributed by atoms with E-state index in [0.717, 1.165) is 0 Å². The first-order valence-electron chi connectivity index (χ1n) is 19.7. The van der Waals surface area contributed by atoms with Gasteiger partial charge in [-0.2, -0.15) is 0 Å². The molecule has 0 nitrogen and oxygen atoms in total. The molecular formula is C54H48Cl2P3Ru+3. The molecule has 0 atom stereocenters. The van der Waals surface area contributed by atoms with Crippen LogP contribution in [0.4, 0.5) is 0 Å². The van der Waals surface area contributed by atoms with E-state index in [4.69, 9.17) is 19.4 Å². The molecule has 0 spiro atoms. The number of rotatable bonds is 9. The van der Waals surface area contributed by atoms with Gasteiger partial charge < -0.3 is 0 Å². The van der Waals surface area contributed by atoms with E-state index in [1.807, 2.05) is 0 Å². The van der Waals surface area contributed by atoms with Gasteiger partial charge in [0.2, 0.25) is 0 Å². The van der Waals surface area contributed by atoms with E-state index in [2.05, 4.69) is 273 Å². The molecule has 0 aliphatic carbocycles. The van der Waals surface area contributed by atoms with Crippen LogP contribution in [0.15, 0.2) is 273 Å². The minimum absolute atomic E-state index is 0.346. The van der Waals surface area contributed by atoms with E-state index in [1.54, 1.807) is 0 Å². The van der Waals surface area contributed by atoms with Crippen molar-refractivity contribution < 1.29 is 15.1 Å². The van der Waals surface area contributed by atoms with Crippen molar-refractivity contribution in [1.29, 1.82) is 0 Å². The van der Waals surface area contributed by atoms with Gasteiger partial charge in [-0.25, -0.2) is 0 Å². The molecule has 60 heavy (non-hydrogen) atoms. The molecule has 0 N–H and O–H groups in total. The molecule has 0 unspecified atom stereocenters. The van der Waals surface area contributed by atoms with Crippen LogP contribution >= 0.6 is 43.1 Å². The second-order valence-electron chi connectivity index (χ2n) is 13.5. The fraction of sp³-hybridized carbons (Fsp3) is 0. The van der Waals surface area contributed by atoms with Crippen LogP contribution in [-0.2, 0) is 15.1 Å². The maximum atomic E-state index is 4.85. The Balaban J connectivity index is 0.000000146. The van der Waals surface area contributed by atoms with Gasteiger partial charge in [0, 0.05) is 0 Å². The summed E-state index contributed by atoms with van der Waals surface area (Å²) in [5, 5.41) is 12.9. The molecule has 0 fully saturated rings. The van der Waals surface area contributed by atoms with Gasteiger partial charge in [0.15, 0.2) is 0 Å². The van der Waals surface area contributed by atoms with Crippen molar-refractivity contribution in [2.45, 2.75) is 0 Å². The summed E-state index contributed by atoms with van der Waals surface area (Å²) in [5.74, 6) is 0. The Labute approximate surface area is 376 Å². The van der Waals surface area contributed by atoms with E-state index in [1.165, 1.54) is 47.7 Å². The van der Waals surface area contributed by atoms with Gasteiger partial charge in [-0.3, -0.25) is 0 Å². The van der Waals surface area contributed by atoms with Crippen molar-refractivity contribution in [3.63, 3.8) is 0 Å². The monoisotopic (exact) mass is 961 g/mol. The standard InChI is InChI=1S/3C18H15P.2ClH.Ru/c3*1-4-10-16(11-5-1)19(17-12-6-2-7-13-17)18-14-8-3-9-15-18;;;/h3*1-15H;2*1H;/q;;;;;+2/p+1. The van der Waals surface area contributed by atoms with Crippen molar-refractivity contribution in [2.24, 2.45) is 0 Å². The van der Waals surface area contributed by atoms with Crippen molar-refractivity contribution in [1.82, 2.24) is 0 Å². The van der Waals surface area contributed by atoms with Crippen LogP contribution in [-0.4, -0.2) is 0 Å². The fourth-order valence-corrected chi connectivity index (χ4v) is 14.7. The Morgan fingerprint density at radius 3 is 0.350 bits per heavy atom. The second kappa shape index (κ2) is 26.0. The van der Waals surface area contributed by atoms with Gasteiger partial charge in [-0.15, -0.1) is 0 Å². The van der Waals surface area contributed by atoms with Gasteiger partial charge in [0.25, 0.3) is 0 Å². The summed E-state index contributed by atoms with van der Waals surface area (Å²) in [5.41, 5.74) is 0. The van der Waals surface area contributed by atoms with E-state index in [0.29, 0.717) is 0 Å².